The minimum absolute atomic E-state index is 0.0325. The average Bonchev–Trinajstić information content (AvgIpc) is 2.44. The van der Waals surface area contributed by atoms with Crippen molar-refractivity contribution in [3.05, 3.63) is 39.2 Å². The molecule has 124 valence electrons. The van der Waals surface area contributed by atoms with Gasteiger partial charge in [-0.15, -0.1) is 0 Å². The van der Waals surface area contributed by atoms with Gasteiger partial charge in [0.2, 0.25) is 0 Å². The summed E-state index contributed by atoms with van der Waals surface area (Å²) in [5.74, 6) is 0.309. The molecule has 2 rings (SSSR count). The van der Waals surface area contributed by atoms with Crippen LogP contribution >= 0.6 is 11.6 Å². The van der Waals surface area contributed by atoms with Gasteiger partial charge in [0.1, 0.15) is 17.9 Å². The normalized spacial score (nSPS) is 11.7. The van der Waals surface area contributed by atoms with Crippen molar-refractivity contribution in [1.29, 1.82) is 0 Å². The Hall–Kier alpha value is -1.81. The summed E-state index contributed by atoms with van der Waals surface area (Å²) >= 11 is 6.26. The molecule has 0 amide bonds. The van der Waals surface area contributed by atoms with Crippen LogP contribution in [0.4, 0.5) is 0 Å². The van der Waals surface area contributed by atoms with Crippen LogP contribution in [0.25, 0.3) is 11.0 Å². The van der Waals surface area contributed by atoms with Crippen molar-refractivity contribution in [3.63, 3.8) is 0 Å². The maximum atomic E-state index is 12.0. The maximum Gasteiger partial charge on any atom is 0.336 e. The monoisotopic (exact) mass is 336 g/mol. The molecule has 0 atom stereocenters. The predicted molar refractivity (Wildman–Crippen MR) is 91.4 cm³/mol. The molecule has 5 heteroatoms. The van der Waals surface area contributed by atoms with Crippen LogP contribution < -0.4 is 10.4 Å². The lowest BCUT2D eigenvalue weighted by Crippen LogP contribution is -2.26. The van der Waals surface area contributed by atoms with Crippen molar-refractivity contribution >= 4 is 28.4 Å². The van der Waals surface area contributed by atoms with E-state index in [4.69, 9.17) is 20.8 Å². The molecule has 4 nitrogen and oxygen atoms in total. The first-order valence-electron chi connectivity index (χ1n) is 7.64. The molecule has 0 saturated carbocycles. The van der Waals surface area contributed by atoms with Gasteiger partial charge >= 0.3 is 5.63 Å². The summed E-state index contributed by atoms with van der Waals surface area (Å²) in [5.41, 5.74) is 0.436. The fourth-order valence-electron chi connectivity index (χ4n) is 2.17. The lowest BCUT2D eigenvalue weighted by atomic mass is 9.91. The van der Waals surface area contributed by atoms with E-state index < -0.39 is 11.0 Å². The predicted octanol–water partition coefficient (Wildman–Crippen LogP) is 4.39. The number of Topliss-reactive ketones (excluding diaryl/α,β-unsaturated/α-hetero) is 1. The number of rotatable bonds is 5. The highest BCUT2D eigenvalue weighted by Crippen LogP contribution is 2.32. The van der Waals surface area contributed by atoms with Gasteiger partial charge in [0.05, 0.1) is 5.02 Å². The largest absolute Gasteiger partial charge is 0.484 e. The van der Waals surface area contributed by atoms with E-state index in [0.29, 0.717) is 16.4 Å². The third-order valence-electron chi connectivity index (χ3n) is 3.60. The van der Waals surface area contributed by atoms with Crippen LogP contribution in [0.3, 0.4) is 0 Å². The van der Waals surface area contributed by atoms with E-state index in [1.54, 1.807) is 12.1 Å². The van der Waals surface area contributed by atoms with Gasteiger partial charge in [-0.05, 0) is 18.1 Å². The van der Waals surface area contributed by atoms with Gasteiger partial charge < -0.3 is 9.15 Å². The quantitative estimate of drug-likeness (QED) is 0.760. The topological polar surface area (TPSA) is 56.5 Å². The molecule has 0 bridgehead atoms. The van der Waals surface area contributed by atoms with Crippen LogP contribution in [0.5, 0.6) is 5.75 Å². The molecular formula is C18H21ClO4. The van der Waals surface area contributed by atoms with Gasteiger partial charge in [-0.25, -0.2) is 4.79 Å². The van der Waals surface area contributed by atoms with Crippen LogP contribution in [0.2, 0.25) is 5.02 Å². The Kier molecular flexibility index (Phi) is 5.15. The zero-order valence-corrected chi connectivity index (χ0v) is 14.6. The minimum Gasteiger partial charge on any atom is -0.484 e. The first-order chi connectivity index (χ1) is 10.7. The van der Waals surface area contributed by atoms with E-state index in [2.05, 4.69) is 0 Å². The Balaban J connectivity index is 2.38. The molecule has 0 aliphatic carbocycles. The molecule has 0 aliphatic rings. The van der Waals surface area contributed by atoms with Gasteiger partial charge in [-0.1, -0.05) is 45.7 Å². The second-order valence-electron chi connectivity index (χ2n) is 6.58. The van der Waals surface area contributed by atoms with E-state index in [-0.39, 0.29) is 12.4 Å². The number of benzene rings is 1. The Bertz CT molecular complexity index is 784. The van der Waals surface area contributed by atoms with Gasteiger partial charge in [0.15, 0.2) is 5.78 Å². The summed E-state index contributed by atoms with van der Waals surface area (Å²) in [6, 6.07) is 4.79. The highest BCUT2D eigenvalue weighted by molar-refractivity contribution is 6.32. The number of hydrogen-bond acceptors (Lipinski definition) is 4. The first-order valence-corrected chi connectivity index (χ1v) is 8.02. The summed E-state index contributed by atoms with van der Waals surface area (Å²) in [5, 5.41) is 1.19. The summed E-state index contributed by atoms with van der Waals surface area (Å²) in [4.78, 5) is 23.6. The van der Waals surface area contributed by atoms with E-state index in [1.807, 2.05) is 27.7 Å². The fourth-order valence-corrected chi connectivity index (χ4v) is 2.39. The number of carbonyl (C=O) groups is 1. The third-order valence-corrected chi connectivity index (χ3v) is 3.89. The number of aryl methyl sites for hydroxylation is 1. The van der Waals surface area contributed by atoms with Crippen molar-refractivity contribution in [1.82, 2.24) is 0 Å². The zero-order valence-electron chi connectivity index (χ0n) is 13.9. The van der Waals surface area contributed by atoms with E-state index >= 15 is 0 Å². The molecule has 23 heavy (non-hydrogen) atoms. The Morgan fingerprint density at radius 2 is 1.96 bits per heavy atom. The number of ether oxygens (including phenoxy) is 1. The van der Waals surface area contributed by atoms with Crippen LogP contribution in [-0.2, 0) is 11.2 Å². The fraction of sp³-hybridized carbons (Fsp3) is 0.444. The number of halogens is 1. The smallest absolute Gasteiger partial charge is 0.336 e. The molecule has 0 aliphatic heterocycles. The van der Waals surface area contributed by atoms with Crippen LogP contribution in [0.15, 0.2) is 27.4 Å². The molecule has 2 aromatic rings. The second-order valence-corrected chi connectivity index (χ2v) is 6.99. The van der Waals surface area contributed by atoms with E-state index in [1.165, 1.54) is 6.07 Å². The number of hydrogen-bond donors (Lipinski definition) is 0. The first kappa shape index (κ1) is 17.5. The number of carbonyl (C=O) groups excluding carboxylic acids is 1. The van der Waals surface area contributed by atoms with E-state index in [9.17, 15) is 9.59 Å². The van der Waals surface area contributed by atoms with Gasteiger partial charge in [0, 0.05) is 22.9 Å². The van der Waals surface area contributed by atoms with E-state index in [0.717, 1.165) is 23.8 Å². The molecular weight excluding hydrogens is 316 g/mol. The average molecular weight is 337 g/mol. The third kappa shape index (κ3) is 4.14. The van der Waals surface area contributed by atoms with Crippen molar-refractivity contribution < 1.29 is 13.9 Å². The van der Waals surface area contributed by atoms with Crippen LogP contribution in [0, 0.1) is 5.41 Å². The van der Waals surface area contributed by atoms with Crippen molar-refractivity contribution in [3.8, 4) is 5.75 Å². The molecule has 0 unspecified atom stereocenters. The number of ketones is 1. The van der Waals surface area contributed by atoms with Gasteiger partial charge in [-0.2, -0.15) is 0 Å². The summed E-state index contributed by atoms with van der Waals surface area (Å²) < 4.78 is 10.8. The Morgan fingerprint density at radius 3 is 2.57 bits per heavy atom. The van der Waals surface area contributed by atoms with Crippen LogP contribution in [-0.4, -0.2) is 12.4 Å². The second kappa shape index (κ2) is 6.75. The Morgan fingerprint density at radius 1 is 1.26 bits per heavy atom. The highest BCUT2D eigenvalue weighted by Gasteiger charge is 2.22. The molecule has 0 fully saturated rings. The molecule has 1 aromatic heterocycles. The molecule has 0 N–H and O–H groups in total. The molecule has 1 heterocycles. The molecule has 0 saturated heterocycles. The lowest BCUT2D eigenvalue weighted by Gasteiger charge is -2.17. The lowest BCUT2D eigenvalue weighted by molar-refractivity contribution is -0.128. The summed E-state index contributed by atoms with van der Waals surface area (Å²) in [7, 11) is 0. The van der Waals surface area contributed by atoms with Crippen molar-refractivity contribution in [2.45, 2.75) is 40.5 Å². The highest BCUT2D eigenvalue weighted by atomic mass is 35.5. The number of fused-ring (bicyclic) bond motifs is 1. The Labute approximate surface area is 140 Å². The van der Waals surface area contributed by atoms with Crippen molar-refractivity contribution in [2.75, 3.05) is 6.61 Å². The molecule has 1 aromatic carbocycles. The summed E-state index contributed by atoms with van der Waals surface area (Å²) in [6.07, 6.45) is 1.68. The molecule has 0 spiro atoms. The van der Waals surface area contributed by atoms with Gasteiger partial charge in [0.25, 0.3) is 0 Å². The minimum atomic E-state index is -0.482. The van der Waals surface area contributed by atoms with Gasteiger partial charge in [-0.3, -0.25) is 4.79 Å². The summed E-state index contributed by atoms with van der Waals surface area (Å²) in [6.45, 7) is 7.45. The van der Waals surface area contributed by atoms with Crippen molar-refractivity contribution in [2.24, 2.45) is 5.41 Å². The zero-order chi connectivity index (χ0) is 17.2. The SMILES string of the molecule is CCCc1cc(=O)oc2cc(OCC(=O)C(C)(C)C)c(Cl)cc12. The van der Waals surface area contributed by atoms with Crippen LogP contribution in [0.1, 0.15) is 39.7 Å². The standard InChI is InChI=1S/C18H21ClO4/c1-5-6-11-7-17(21)23-14-9-15(13(19)8-12(11)14)22-10-16(20)18(2,3)4/h7-9H,5-6,10H2,1-4H3. The molecule has 0 radical (unpaired) electrons. The maximum absolute atomic E-state index is 12.0.